The maximum absolute atomic E-state index is 8.84. The van der Waals surface area contributed by atoms with E-state index < -0.39 is 0 Å². The third-order valence-electron chi connectivity index (χ3n) is 2.47. The summed E-state index contributed by atoms with van der Waals surface area (Å²) in [5, 5.41) is 12.1. The summed E-state index contributed by atoms with van der Waals surface area (Å²) in [6.07, 6.45) is 0. The molecule has 0 aromatic heterocycles. The molecule has 1 aromatic rings. The van der Waals surface area contributed by atoms with Gasteiger partial charge in [0.25, 0.3) is 0 Å². The van der Waals surface area contributed by atoms with Crippen molar-refractivity contribution >= 4 is 5.71 Å². The molecule has 4 nitrogen and oxygen atoms in total. The summed E-state index contributed by atoms with van der Waals surface area (Å²) in [5.74, 6) is 0.757. The number of likely N-dealkylation sites (N-methyl/N-ethyl adjacent to an activating group) is 1. The number of aryl methyl sites for hydroxylation is 1. The summed E-state index contributed by atoms with van der Waals surface area (Å²) in [7, 11) is 4.00. The van der Waals surface area contributed by atoms with Crippen LogP contribution in [0.3, 0.4) is 0 Å². The van der Waals surface area contributed by atoms with Gasteiger partial charge in [-0.3, -0.25) is 0 Å². The molecule has 1 aromatic carbocycles. The van der Waals surface area contributed by atoms with E-state index in [0.717, 1.165) is 23.4 Å². The van der Waals surface area contributed by atoms with Crippen LogP contribution >= 0.6 is 0 Å². The molecular formula is C13H20N2O2. The SMILES string of the molecule is C/C(=N\O)c1cc(C)ccc1OCCN(C)C. The van der Waals surface area contributed by atoms with Crippen LogP contribution in [0.1, 0.15) is 18.1 Å². The minimum absolute atomic E-state index is 0.563. The first-order valence-corrected chi connectivity index (χ1v) is 5.62. The van der Waals surface area contributed by atoms with E-state index in [1.807, 2.05) is 39.2 Å². The van der Waals surface area contributed by atoms with Gasteiger partial charge in [-0.25, -0.2) is 0 Å². The van der Waals surface area contributed by atoms with Crippen LogP contribution in [-0.2, 0) is 0 Å². The molecule has 0 aliphatic carbocycles. The fourth-order valence-corrected chi connectivity index (χ4v) is 1.44. The minimum Gasteiger partial charge on any atom is -0.492 e. The van der Waals surface area contributed by atoms with Gasteiger partial charge in [-0.1, -0.05) is 16.8 Å². The second-order valence-electron chi connectivity index (χ2n) is 4.34. The molecule has 1 N–H and O–H groups in total. The highest BCUT2D eigenvalue weighted by Gasteiger charge is 2.07. The molecule has 0 saturated carbocycles. The topological polar surface area (TPSA) is 45.1 Å². The van der Waals surface area contributed by atoms with Crippen LogP contribution in [0.5, 0.6) is 5.75 Å². The summed E-state index contributed by atoms with van der Waals surface area (Å²) >= 11 is 0. The Labute approximate surface area is 103 Å². The van der Waals surface area contributed by atoms with E-state index in [1.165, 1.54) is 0 Å². The monoisotopic (exact) mass is 236 g/mol. The summed E-state index contributed by atoms with van der Waals surface area (Å²) in [4.78, 5) is 2.06. The Balaban J connectivity index is 2.83. The molecule has 0 fully saturated rings. The fraction of sp³-hybridized carbons (Fsp3) is 0.462. The molecule has 17 heavy (non-hydrogen) atoms. The van der Waals surface area contributed by atoms with Crippen molar-refractivity contribution < 1.29 is 9.94 Å². The van der Waals surface area contributed by atoms with E-state index in [4.69, 9.17) is 9.94 Å². The number of ether oxygens (including phenoxy) is 1. The summed E-state index contributed by atoms with van der Waals surface area (Å²) < 4.78 is 5.69. The van der Waals surface area contributed by atoms with Gasteiger partial charge in [0.05, 0.1) is 5.71 Å². The lowest BCUT2D eigenvalue weighted by Gasteiger charge is -2.14. The lowest BCUT2D eigenvalue weighted by atomic mass is 10.1. The first kappa shape index (κ1) is 13.5. The lowest BCUT2D eigenvalue weighted by molar-refractivity contribution is 0.260. The Morgan fingerprint density at radius 2 is 2.12 bits per heavy atom. The third kappa shape index (κ3) is 4.07. The van der Waals surface area contributed by atoms with Crippen LogP contribution in [-0.4, -0.2) is 43.1 Å². The van der Waals surface area contributed by atoms with Gasteiger partial charge in [0.15, 0.2) is 0 Å². The van der Waals surface area contributed by atoms with Gasteiger partial charge in [0.1, 0.15) is 12.4 Å². The molecule has 94 valence electrons. The molecule has 0 amide bonds. The molecule has 4 heteroatoms. The predicted octanol–water partition coefficient (Wildman–Crippen LogP) is 2.13. The summed E-state index contributed by atoms with van der Waals surface area (Å²) in [6.45, 7) is 5.22. The van der Waals surface area contributed by atoms with Crippen molar-refractivity contribution in [2.75, 3.05) is 27.2 Å². The molecule has 1 rings (SSSR count). The van der Waals surface area contributed by atoms with Gasteiger partial charge >= 0.3 is 0 Å². The Bertz CT molecular complexity index is 400. The van der Waals surface area contributed by atoms with Crippen molar-refractivity contribution in [3.8, 4) is 5.75 Å². The van der Waals surface area contributed by atoms with Gasteiger partial charge in [0.2, 0.25) is 0 Å². The van der Waals surface area contributed by atoms with Crippen molar-refractivity contribution in [2.45, 2.75) is 13.8 Å². The van der Waals surface area contributed by atoms with Crippen LogP contribution in [0, 0.1) is 6.92 Å². The standard InChI is InChI=1S/C13H20N2O2/c1-10-5-6-13(17-8-7-15(3)4)12(9-10)11(2)14-16/h5-6,9,16H,7-8H2,1-4H3/b14-11+. The van der Waals surface area contributed by atoms with E-state index >= 15 is 0 Å². The fourth-order valence-electron chi connectivity index (χ4n) is 1.44. The van der Waals surface area contributed by atoms with E-state index in [0.29, 0.717) is 12.3 Å². The van der Waals surface area contributed by atoms with E-state index in [-0.39, 0.29) is 0 Å². The zero-order valence-electron chi connectivity index (χ0n) is 10.9. The third-order valence-corrected chi connectivity index (χ3v) is 2.47. The van der Waals surface area contributed by atoms with Gasteiger partial charge in [-0.15, -0.1) is 0 Å². The average molecular weight is 236 g/mol. The van der Waals surface area contributed by atoms with Crippen LogP contribution in [0.4, 0.5) is 0 Å². The molecule has 0 spiro atoms. The Kier molecular flexibility index (Phi) is 4.97. The molecule has 0 radical (unpaired) electrons. The van der Waals surface area contributed by atoms with Gasteiger partial charge in [-0.2, -0.15) is 0 Å². The molecule has 0 bridgehead atoms. The number of rotatable bonds is 5. The zero-order chi connectivity index (χ0) is 12.8. The molecule has 0 atom stereocenters. The quantitative estimate of drug-likeness (QED) is 0.484. The average Bonchev–Trinajstić information content (AvgIpc) is 2.29. The van der Waals surface area contributed by atoms with Crippen molar-refractivity contribution in [2.24, 2.45) is 5.16 Å². The maximum atomic E-state index is 8.84. The zero-order valence-corrected chi connectivity index (χ0v) is 10.9. The van der Waals surface area contributed by atoms with Gasteiger partial charge in [0, 0.05) is 12.1 Å². The normalized spacial score (nSPS) is 11.9. The summed E-state index contributed by atoms with van der Waals surface area (Å²) in [5.41, 5.74) is 2.52. The smallest absolute Gasteiger partial charge is 0.128 e. The van der Waals surface area contributed by atoms with E-state index in [1.54, 1.807) is 6.92 Å². The lowest BCUT2D eigenvalue weighted by Crippen LogP contribution is -2.20. The van der Waals surface area contributed by atoms with Gasteiger partial charge in [-0.05, 0) is 40.1 Å². The van der Waals surface area contributed by atoms with Crippen LogP contribution in [0.15, 0.2) is 23.4 Å². The van der Waals surface area contributed by atoms with Crippen LogP contribution in [0.2, 0.25) is 0 Å². The van der Waals surface area contributed by atoms with Crippen molar-refractivity contribution in [1.29, 1.82) is 0 Å². The van der Waals surface area contributed by atoms with Crippen molar-refractivity contribution in [3.05, 3.63) is 29.3 Å². The number of nitrogens with zero attached hydrogens (tertiary/aromatic N) is 2. The predicted molar refractivity (Wildman–Crippen MR) is 69.2 cm³/mol. The Morgan fingerprint density at radius 1 is 1.41 bits per heavy atom. The van der Waals surface area contributed by atoms with Crippen LogP contribution in [0.25, 0.3) is 0 Å². The number of hydrogen-bond donors (Lipinski definition) is 1. The largest absolute Gasteiger partial charge is 0.492 e. The first-order valence-electron chi connectivity index (χ1n) is 5.62. The molecule has 0 saturated heterocycles. The molecule has 0 heterocycles. The molecular weight excluding hydrogens is 216 g/mol. The number of benzene rings is 1. The van der Waals surface area contributed by atoms with Crippen LogP contribution < -0.4 is 4.74 Å². The maximum Gasteiger partial charge on any atom is 0.128 e. The number of hydrogen-bond acceptors (Lipinski definition) is 4. The molecule has 0 aliphatic rings. The highest BCUT2D eigenvalue weighted by molar-refractivity contribution is 6.00. The molecule has 0 unspecified atom stereocenters. The highest BCUT2D eigenvalue weighted by atomic mass is 16.5. The highest BCUT2D eigenvalue weighted by Crippen LogP contribution is 2.20. The van der Waals surface area contributed by atoms with Gasteiger partial charge < -0.3 is 14.8 Å². The Morgan fingerprint density at radius 3 is 2.71 bits per heavy atom. The second kappa shape index (κ2) is 6.25. The second-order valence-corrected chi connectivity index (χ2v) is 4.34. The number of oxime groups is 1. The Hall–Kier alpha value is -1.55. The first-order chi connectivity index (χ1) is 8.04. The van der Waals surface area contributed by atoms with Crippen molar-refractivity contribution in [1.82, 2.24) is 4.90 Å². The summed E-state index contributed by atoms with van der Waals surface area (Å²) in [6, 6.07) is 5.86. The van der Waals surface area contributed by atoms with E-state index in [9.17, 15) is 0 Å². The van der Waals surface area contributed by atoms with E-state index in [2.05, 4.69) is 10.1 Å². The minimum atomic E-state index is 0.563. The molecule has 0 aliphatic heterocycles. The van der Waals surface area contributed by atoms with Crippen molar-refractivity contribution in [3.63, 3.8) is 0 Å².